The van der Waals surface area contributed by atoms with Crippen molar-refractivity contribution in [1.82, 2.24) is 0 Å². The van der Waals surface area contributed by atoms with Gasteiger partial charge in [-0.25, -0.2) is 4.79 Å². The average molecular weight is 232 g/mol. The van der Waals surface area contributed by atoms with Gasteiger partial charge in [0, 0.05) is 11.1 Å². The van der Waals surface area contributed by atoms with Crippen molar-refractivity contribution in [2.45, 2.75) is 13.3 Å². The van der Waals surface area contributed by atoms with Crippen LogP contribution in [-0.2, 0) is 14.3 Å². The van der Waals surface area contributed by atoms with Crippen molar-refractivity contribution in [3.05, 3.63) is 35.4 Å². The Balaban J connectivity index is 2.32. The monoisotopic (exact) mass is 232 g/mol. The van der Waals surface area contributed by atoms with Gasteiger partial charge in [0.1, 0.15) is 5.75 Å². The summed E-state index contributed by atoms with van der Waals surface area (Å²) in [6.07, 6.45) is 1.66. The van der Waals surface area contributed by atoms with Gasteiger partial charge in [0.2, 0.25) is 0 Å². The highest BCUT2D eigenvalue weighted by molar-refractivity contribution is 6.08. The predicted octanol–water partition coefficient (Wildman–Crippen LogP) is 1.94. The molecule has 1 saturated heterocycles. The minimum atomic E-state index is -0.568. The summed E-state index contributed by atoms with van der Waals surface area (Å²) in [5.41, 5.74) is 1.14. The molecular weight excluding hydrogens is 220 g/mol. The average Bonchev–Trinajstić information content (AvgIpc) is 2.61. The van der Waals surface area contributed by atoms with Crippen LogP contribution in [-0.4, -0.2) is 18.5 Å². The first-order valence-corrected chi connectivity index (χ1v) is 5.38. The van der Waals surface area contributed by atoms with Gasteiger partial charge in [0.05, 0.1) is 13.0 Å². The Morgan fingerprint density at radius 3 is 2.76 bits per heavy atom. The normalized spacial score (nSPS) is 17.4. The fourth-order valence-corrected chi connectivity index (χ4v) is 1.62. The summed E-state index contributed by atoms with van der Waals surface area (Å²) in [5.74, 6) is -0.383. The van der Waals surface area contributed by atoms with Gasteiger partial charge in [-0.05, 0) is 19.1 Å². The molecule has 0 aromatic heterocycles. The molecule has 1 aromatic rings. The van der Waals surface area contributed by atoms with E-state index in [1.807, 2.05) is 31.2 Å². The third kappa shape index (κ3) is 2.53. The molecule has 1 fully saturated rings. The zero-order chi connectivity index (χ0) is 12.3. The summed E-state index contributed by atoms with van der Waals surface area (Å²) in [7, 11) is 0. The highest BCUT2D eigenvalue weighted by Gasteiger charge is 2.26. The minimum absolute atomic E-state index is 0.0271. The molecule has 88 valence electrons. The minimum Gasteiger partial charge on any atom is -0.493 e. The molecule has 0 radical (unpaired) electrons. The summed E-state index contributed by atoms with van der Waals surface area (Å²) in [5, 5.41) is 0. The van der Waals surface area contributed by atoms with Crippen LogP contribution in [0.2, 0.25) is 0 Å². The Bertz CT molecular complexity index is 488. The first kappa shape index (κ1) is 11.4. The number of benzene rings is 1. The number of cyclic esters (lactones) is 2. The number of ether oxygens (including phenoxy) is 2. The molecule has 4 nitrogen and oxygen atoms in total. The zero-order valence-electron chi connectivity index (χ0n) is 9.43. The van der Waals surface area contributed by atoms with E-state index < -0.39 is 11.9 Å². The molecule has 1 aromatic carbocycles. The zero-order valence-corrected chi connectivity index (χ0v) is 9.43. The molecule has 4 heteroatoms. The maximum Gasteiger partial charge on any atom is 0.342 e. The molecule has 0 saturated carbocycles. The number of rotatable bonds is 3. The van der Waals surface area contributed by atoms with E-state index in [0.29, 0.717) is 17.9 Å². The lowest BCUT2D eigenvalue weighted by Crippen LogP contribution is -1.97. The summed E-state index contributed by atoms with van der Waals surface area (Å²) in [6.45, 7) is 2.43. The molecule has 0 aliphatic carbocycles. The molecule has 1 aliphatic heterocycles. The highest BCUT2D eigenvalue weighted by Crippen LogP contribution is 2.24. The molecule has 2 rings (SSSR count). The maximum absolute atomic E-state index is 11.3. The van der Waals surface area contributed by atoms with Gasteiger partial charge in [-0.3, -0.25) is 4.79 Å². The number of carbonyl (C=O) groups excluding carboxylic acids is 2. The highest BCUT2D eigenvalue weighted by atomic mass is 16.6. The van der Waals surface area contributed by atoms with Crippen LogP contribution in [0.5, 0.6) is 5.75 Å². The van der Waals surface area contributed by atoms with Gasteiger partial charge in [-0.1, -0.05) is 18.2 Å². The molecule has 0 N–H and O–H groups in total. The maximum atomic E-state index is 11.3. The first-order valence-electron chi connectivity index (χ1n) is 5.38. The van der Waals surface area contributed by atoms with Gasteiger partial charge < -0.3 is 9.47 Å². The second kappa shape index (κ2) is 4.82. The fraction of sp³-hybridized carbons (Fsp3) is 0.231. The Morgan fingerprint density at radius 1 is 1.35 bits per heavy atom. The van der Waals surface area contributed by atoms with Gasteiger partial charge in [0.15, 0.2) is 0 Å². The molecule has 1 aliphatic rings. The SMILES string of the molecule is CCOc1ccccc1/C=C1\CC(=O)OC1=O. The van der Waals surface area contributed by atoms with Crippen LogP contribution < -0.4 is 4.74 Å². The van der Waals surface area contributed by atoms with Gasteiger partial charge in [-0.15, -0.1) is 0 Å². The molecule has 1 heterocycles. The number of esters is 2. The topological polar surface area (TPSA) is 52.6 Å². The lowest BCUT2D eigenvalue weighted by atomic mass is 10.1. The van der Waals surface area contributed by atoms with Crippen molar-refractivity contribution in [2.24, 2.45) is 0 Å². The lowest BCUT2D eigenvalue weighted by molar-refractivity contribution is -0.151. The number of hydrogen-bond donors (Lipinski definition) is 0. The Morgan fingerprint density at radius 2 is 2.12 bits per heavy atom. The van der Waals surface area contributed by atoms with Crippen LogP contribution in [0.15, 0.2) is 29.8 Å². The van der Waals surface area contributed by atoms with Crippen molar-refractivity contribution in [2.75, 3.05) is 6.61 Å². The van der Waals surface area contributed by atoms with E-state index >= 15 is 0 Å². The van der Waals surface area contributed by atoms with Crippen LogP contribution >= 0.6 is 0 Å². The van der Waals surface area contributed by atoms with Crippen LogP contribution in [0.1, 0.15) is 18.9 Å². The van der Waals surface area contributed by atoms with Crippen LogP contribution in [0.4, 0.5) is 0 Å². The summed E-state index contributed by atoms with van der Waals surface area (Å²) < 4.78 is 9.89. The van der Waals surface area contributed by atoms with Crippen LogP contribution in [0.25, 0.3) is 6.08 Å². The molecule has 0 atom stereocenters. The van der Waals surface area contributed by atoms with Crippen molar-refractivity contribution >= 4 is 18.0 Å². The molecule has 0 unspecified atom stereocenters. The Hall–Kier alpha value is -2.10. The number of para-hydroxylation sites is 1. The second-order valence-electron chi connectivity index (χ2n) is 3.58. The molecule has 0 bridgehead atoms. The molecule has 17 heavy (non-hydrogen) atoms. The fourth-order valence-electron chi connectivity index (χ4n) is 1.62. The molecule has 0 spiro atoms. The summed E-state index contributed by atoms with van der Waals surface area (Å²) in [4.78, 5) is 22.3. The van der Waals surface area contributed by atoms with E-state index in [1.54, 1.807) is 6.08 Å². The van der Waals surface area contributed by atoms with Crippen molar-refractivity contribution in [3.8, 4) is 5.75 Å². The standard InChI is InChI=1S/C13H12O4/c1-2-16-11-6-4-3-5-9(11)7-10-8-12(14)17-13(10)15/h3-7H,2,8H2,1H3/b10-7+. The van der Waals surface area contributed by atoms with Crippen molar-refractivity contribution in [3.63, 3.8) is 0 Å². The Kier molecular flexibility index (Phi) is 3.23. The van der Waals surface area contributed by atoms with Crippen molar-refractivity contribution < 1.29 is 19.1 Å². The van der Waals surface area contributed by atoms with Gasteiger partial charge in [-0.2, -0.15) is 0 Å². The first-order chi connectivity index (χ1) is 8.20. The second-order valence-corrected chi connectivity index (χ2v) is 3.58. The summed E-state index contributed by atoms with van der Waals surface area (Å²) in [6, 6.07) is 7.34. The van der Waals surface area contributed by atoms with E-state index in [4.69, 9.17) is 4.74 Å². The smallest absolute Gasteiger partial charge is 0.342 e. The van der Waals surface area contributed by atoms with Crippen molar-refractivity contribution in [1.29, 1.82) is 0 Å². The number of hydrogen-bond acceptors (Lipinski definition) is 4. The predicted molar refractivity (Wildman–Crippen MR) is 61.3 cm³/mol. The number of carbonyl (C=O) groups is 2. The van der Waals surface area contributed by atoms with E-state index in [-0.39, 0.29) is 6.42 Å². The molecular formula is C13H12O4. The van der Waals surface area contributed by atoms with E-state index in [0.717, 1.165) is 5.56 Å². The van der Waals surface area contributed by atoms with Gasteiger partial charge >= 0.3 is 11.9 Å². The van der Waals surface area contributed by atoms with Crippen LogP contribution in [0.3, 0.4) is 0 Å². The van der Waals surface area contributed by atoms with E-state index in [2.05, 4.69) is 4.74 Å². The molecule has 0 amide bonds. The van der Waals surface area contributed by atoms with E-state index in [9.17, 15) is 9.59 Å². The van der Waals surface area contributed by atoms with Gasteiger partial charge in [0.25, 0.3) is 0 Å². The Labute approximate surface area is 98.8 Å². The van der Waals surface area contributed by atoms with Crippen LogP contribution in [0, 0.1) is 0 Å². The third-order valence-electron chi connectivity index (χ3n) is 2.35. The third-order valence-corrected chi connectivity index (χ3v) is 2.35. The largest absolute Gasteiger partial charge is 0.493 e. The summed E-state index contributed by atoms with van der Waals surface area (Å²) >= 11 is 0. The lowest BCUT2D eigenvalue weighted by Gasteiger charge is -2.06. The quantitative estimate of drug-likeness (QED) is 0.454. The van der Waals surface area contributed by atoms with E-state index in [1.165, 1.54) is 0 Å².